The Balaban J connectivity index is 1.32. The van der Waals surface area contributed by atoms with E-state index in [4.69, 9.17) is 4.42 Å². The summed E-state index contributed by atoms with van der Waals surface area (Å²) in [5, 5.41) is 4.20. The van der Waals surface area contributed by atoms with E-state index in [0.717, 1.165) is 22.0 Å². The summed E-state index contributed by atoms with van der Waals surface area (Å²) in [7, 11) is -3.40. The third-order valence-corrected chi connectivity index (χ3v) is 7.06. The van der Waals surface area contributed by atoms with E-state index in [1.165, 1.54) is 9.71 Å². The van der Waals surface area contributed by atoms with Gasteiger partial charge in [-0.05, 0) is 23.8 Å². The van der Waals surface area contributed by atoms with E-state index < -0.39 is 10.0 Å². The summed E-state index contributed by atoms with van der Waals surface area (Å²) < 4.78 is 32.0. The highest BCUT2D eigenvalue weighted by molar-refractivity contribution is 7.92. The van der Waals surface area contributed by atoms with E-state index >= 15 is 0 Å². The summed E-state index contributed by atoms with van der Waals surface area (Å²) in [6.07, 6.45) is 3.29. The molecule has 0 unspecified atom stereocenters. The van der Waals surface area contributed by atoms with Gasteiger partial charge in [-0.3, -0.25) is 4.90 Å². The molecule has 1 aromatic carbocycles. The van der Waals surface area contributed by atoms with E-state index in [0.29, 0.717) is 32.7 Å². The number of piperazine rings is 1. The summed E-state index contributed by atoms with van der Waals surface area (Å²) in [5.74, 6) is 0.775. The smallest absolute Gasteiger partial charge is 0.236 e. The highest BCUT2D eigenvalue weighted by atomic mass is 32.2. The van der Waals surface area contributed by atoms with Crippen LogP contribution in [0, 0.1) is 0 Å². The second-order valence-corrected chi connectivity index (χ2v) is 9.23. The van der Waals surface area contributed by atoms with Gasteiger partial charge in [-0.1, -0.05) is 30.3 Å². The first kappa shape index (κ1) is 19.1. The largest absolute Gasteiger partial charge is 0.462 e. The minimum Gasteiger partial charge on any atom is -0.462 e. The molecule has 1 saturated heterocycles. The highest BCUT2D eigenvalue weighted by Crippen LogP contribution is 2.24. The minimum absolute atomic E-state index is 0.483. The zero-order chi connectivity index (χ0) is 19.4. The van der Waals surface area contributed by atoms with Crippen molar-refractivity contribution in [2.45, 2.75) is 6.54 Å². The van der Waals surface area contributed by atoms with Crippen LogP contribution >= 0.6 is 11.3 Å². The van der Waals surface area contributed by atoms with Crippen molar-refractivity contribution in [3.05, 3.63) is 70.8 Å². The maximum Gasteiger partial charge on any atom is 0.236 e. The first-order chi connectivity index (χ1) is 13.6. The fraction of sp³-hybridized carbons (Fsp3) is 0.250. The number of thiazole rings is 1. The molecule has 1 aliphatic rings. The van der Waals surface area contributed by atoms with Crippen LogP contribution in [0.25, 0.3) is 16.8 Å². The Morgan fingerprint density at radius 3 is 2.57 bits per heavy atom. The van der Waals surface area contributed by atoms with Gasteiger partial charge < -0.3 is 4.42 Å². The van der Waals surface area contributed by atoms with Crippen LogP contribution in [0.5, 0.6) is 0 Å². The first-order valence-electron chi connectivity index (χ1n) is 9.04. The first-order valence-corrected chi connectivity index (χ1v) is 11.4. The molecule has 4 rings (SSSR count). The third-order valence-electron chi connectivity index (χ3n) is 4.59. The Labute approximate surface area is 168 Å². The molecule has 0 N–H and O–H groups in total. The molecule has 28 heavy (non-hydrogen) atoms. The van der Waals surface area contributed by atoms with Crippen molar-refractivity contribution in [3.8, 4) is 10.8 Å². The summed E-state index contributed by atoms with van der Waals surface area (Å²) in [6.45, 7) is 3.05. The molecule has 8 heteroatoms. The molecule has 1 aliphatic heterocycles. The number of hydrogen-bond donors (Lipinski definition) is 0. The lowest BCUT2D eigenvalue weighted by atomic mass is 10.2. The Morgan fingerprint density at radius 2 is 1.86 bits per heavy atom. The van der Waals surface area contributed by atoms with Gasteiger partial charge in [0.1, 0.15) is 0 Å². The van der Waals surface area contributed by atoms with Crippen LogP contribution in [0.3, 0.4) is 0 Å². The zero-order valence-corrected chi connectivity index (χ0v) is 16.9. The molecule has 0 saturated carbocycles. The van der Waals surface area contributed by atoms with E-state index in [1.807, 2.05) is 47.8 Å². The van der Waals surface area contributed by atoms with Crippen molar-refractivity contribution >= 4 is 27.4 Å². The molecule has 1 fully saturated rings. The predicted octanol–water partition coefficient (Wildman–Crippen LogP) is 3.52. The average Bonchev–Trinajstić information content (AvgIpc) is 3.40. The summed E-state index contributed by atoms with van der Waals surface area (Å²) >= 11 is 1.56. The van der Waals surface area contributed by atoms with E-state index in [-0.39, 0.29) is 0 Å². The van der Waals surface area contributed by atoms with E-state index in [2.05, 4.69) is 9.88 Å². The van der Waals surface area contributed by atoms with Crippen molar-refractivity contribution < 1.29 is 12.8 Å². The Morgan fingerprint density at radius 1 is 1.07 bits per heavy atom. The average molecular weight is 416 g/mol. The molecule has 6 nitrogen and oxygen atoms in total. The Kier molecular flexibility index (Phi) is 5.72. The normalized spacial score (nSPS) is 16.7. The second kappa shape index (κ2) is 8.40. The van der Waals surface area contributed by atoms with Crippen molar-refractivity contribution in [2.24, 2.45) is 0 Å². The Hall–Kier alpha value is -2.26. The minimum atomic E-state index is -3.40. The van der Waals surface area contributed by atoms with Crippen molar-refractivity contribution in [1.82, 2.24) is 14.2 Å². The van der Waals surface area contributed by atoms with Gasteiger partial charge in [0.05, 0.1) is 12.0 Å². The molecular formula is C20H21N3O3S2. The van der Waals surface area contributed by atoms with Gasteiger partial charge in [0.25, 0.3) is 0 Å². The van der Waals surface area contributed by atoms with Crippen LogP contribution in [0.15, 0.2) is 63.9 Å². The molecule has 0 bridgehead atoms. The van der Waals surface area contributed by atoms with Crippen LogP contribution < -0.4 is 0 Å². The van der Waals surface area contributed by atoms with Gasteiger partial charge in [0, 0.05) is 43.5 Å². The standard InChI is InChI=1S/C20H21N3O3S2/c24-28(25,14-8-17-5-2-1-3-6-17)23-11-9-22(10-12-23)15-18-16-27-20(21-18)19-7-4-13-26-19/h1-8,13-14,16H,9-12,15H2/b14-8+. The predicted molar refractivity (Wildman–Crippen MR) is 111 cm³/mol. The summed E-state index contributed by atoms with van der Waals surface area (Å²) in [6, 6.07) is 13.2. The Bertz CT molecular complexity index is 1020. The number of hydrogen-bond acceptors (Lipinski definition) is 6. The molecule has 0 radical (unpaired) electrons. The SMILES string of the molecule is O=S(=O)(/C=C/c1ccccc1)N1CCN(Cc2csc(-c3ccco3)n2)CC1. The molecule has 0 aliphatic carbocycles. The van der Waals surface area contributed by atoms with Crippen molar-refractivity contribution in [2.75, 3.05) is 26.2 Å². The number of nitrogens with zero attached hydrogens (tertiary/aromatic N) is 3. The molecule has 0 spiro atoms. The van der Waals surface area contributed by atoms with Crippen molar-refractivity contribution in [3.63, 3.8) is 0 Å². The monoisotopic (exact) mass is 415 g/mol. The fourth-order valence-corrected chi connectivity index (χ4v) is 5.03. The fourth-order valence-electron chi connectivity index (χ4n) is 3.08. The van der Waals surface area contributed by atoms with Gasteiger partial charge in [-0.2, -0.15) is 4.31 Å². The molecule has 146 valence electrons. The maximum absolute atomic E-state index is 12.6. The van der Waals surface area contributed by atoms with Crippen LogP contribution in [0.4, 0.5) is 0 Å². The number of furan rings is 1. The van der Waals surface area contributed by atoms with Crippen LogP contribution in [-0.2, 0) is 16.6 Å². The number of benzene rings is 1. The summed E-state index contributed by atoms with van der Waals surface area (Å²) in [5.41, 5.74) is 1.86. The van der Waals surface area contributed by atoms with Crippen LogP contribution in [0.1, 0.15) is 11.3 Å². The van der Waals surface area contributed by atoms with Gasteiger partial charge in [-0.25, -0.2) is 13.4 Å². The lowest BCUT2D eigenvalue weighted by Gasteiger charge is -2.32. The number of rotatable bonds is 6. The highest BCUT2D eigenvalue weighted by Gasteiger charge is 2.25. The lowest BCUT2D eigenvalue weighted by molar-refractivity contribution is 0.181. The molecule has 0 amide bonds. The van der Waals surface area contributed by atoms with Crippen molar-refractivity contribution in [1.29, 1.82) is 0 Å². The van der Waals surface area contributed by atoms with Crippen LogP contribution in [-0.4, -0.2) is 48.8 Å². The zero-order valence-electron chi connectivity index (χ0n) is 15.3. The molecular weight excluding hydrogens is 394 g/mol. The molecule has 3 aromatic rings. The molecule has 0 atom stereocenters. The second-order valence-electron chi connectivity index (χ2n) is 6.55. The van der Waals surface area contributed by atoms with Gasteiger partial charge in [0.15, 0.2) is 10.8 Å². The van der Waals surface area contributed by atoms with Gasteiger partial charge >= 0.3 is 0 Å². The van der Waals surface area contributed by atoms with Crippen LogP contribution in [0.2, 0.25) is 0 Å². The third kappa shape index (κ3) is 4.59. The van der Waals surface area contributed by atoms with Gasteiger partial charge in [-0.15, -0.1) is 11.3 Å². The quantitative estimate of drug-likeness (QED) is 0.616. The summed E-state index contributed by atoms with van der Waals surface area (Å²) in [4.78, 5) is 6.85. The maximum atomic E-state index is 12.6. The molecule has 3 heterocycles. The lowest BCUT2D eigenvalue weighted by Crippen LogP contribution is -2.47. The van der Waals surface area contributed by atoms with E-state index in [1.54, 1.807) is 23.7 Å². The number of aromatic nitrogens is 1. The topological polar surface area (TPSA) is 66.7 Å². The van der Waals surface area contributed by atoms with E-state index in [9.17, 15) is 8.42 Å². The number of sulfonamides is 1. The molecule has 2 aromatic heterocycles. The van der Waals surface area contributed by atoms with Gasteiger partial charge in [0.2, 0.25) is 10.0 Å².